The zero-order valence-corrected chi connectivity index (χ0v) is 11.0. The van der Waals surface area contributed by atoms with E-state index in [1.807, 2.05) is 38.1 Å². The van der Waals surface area contributed by atoms with Crippen LogP contribution in [0.5, 0.6) is 0 Å². The molecule has 2 nitrogen and oxygen atoms in total. The van der Waals surface area contributed by atoms with Gasteiger partial charge in [0, 0.05) is 12.2 Å². The van der Waals surface area contributed by atoms with E-state index in [0.717, 1.165) is 22.4 Å². The third-order valence-corrected chi connectivity index (χ3v) is 3.04. The molecular weight excluding hydrogens is 239 g/mol. The molecule has 0 radical (unpaired) electrons. The summed E-state index contributed by atoms with van der Waals surface area (Å²) in [6.45, 7) is 4.56. The molecule has 2 aromatic rings. The molecule has 0 aliphatic rings. The molecule has 0 spiro atoms. The van der Waals surface area contributed by atoms with Crippen molar-refractivity contribution in [2.45, 2.75) is 20.4 Å². The van der Waals surface area contributed by atoms with Crippen LogP contribution >= 0.6 is 0 Å². The van der Waals surface area contributed by atoms with Gasteiger partial charge < -0.3 is 5.32 Å². The summed E-state index contributed by atoms with van der Waals surface area (Å²) in [4.78, 5) is 0. The second-order valence-electron chi connectivity index (χ2n) is 4.58. The molecule has 19 heavy (non-hydrogen) atoms. The van der Waals surface area contributed by atoms with Gasteiger partial charge in [-0.05, 0) is 48.7 Å². The average Bonchev–Trinajstić information content (AvgIpc) is 2.37. The summed E-state index contributed by atoms with van der Waals surface area (Å²) in [6, 6.07) is 12.4. The summed E-state index contributed by atoms with van der Waals surface area (Å²) in [5, 5.41) is 12.1. The molecule has 0 bridgehead atoms. The molecule has 0 aliphatic carbocycles. The summed E-state index contributed by atoms with van der Waals surface area (Å²) < 4.78 is 13.3. The first-order valence-electron chi connectivity index (χ1n) is 6.10. The van der Waals surface area contributed by atoms with Gasteiger partial charge in [-0.3, -0.25) is 0 Å². The fourth-order valence-corrected chi connectivity index (χ4v) is 2.10. The smallest absolute Gasteiger partial charge is 0.124 e. The zero-order valence-electron chi connectivity index (χ0n) is 11.0. The minimum Gasteiger partial charge on any atom is -0.381 e. The highest BCUT2D eigenvalue weighted by Gasteiger charge is 2.04. The highest BCUT2D eigenvalue weighted by Crippen LogP contribution is 2.20. The first kappa shape index (κ1) is 13.1. The van der Waals surface area contributed by atoms with Gasteiger partial charge in [0.1, 0.15) is 5.82 Å². The Bertz CT molecular complexity index is 621. The Hall–Kier alpha value is -2.34. The number of benzene rings is 2. The van der Waals surface area contributed by atoms with Crippen molar-refractivity contribution in [1.29, 1.82) is 5.26 Å². The number of halogens is 1. The predicted molar refractivity (Wildman–Crippen MR) is 74.4 cm³/mol. The van der Waals surface area contributed by atoms with Crippen LogP contribution in [0, 0.1) is 31.0 Å². The van der Waals surface area contributed by atoms with E-state index in [2.05, 4.69) is 5.32 Å². The van der Waals surface area contributed by atoms with Gasteiger partial charge in [-0.2, -0.15) is 5.26 Å². The van der Waals surface area contributed by atoms with Crippen LogP contribution in [0.15, 0.2) is 36.4 Å². The first-order valence-corrected chi connectivity index (χ1v) is 6.10. The van der Waals surface area contributed by atoms with Crippen molar-refractivity contribution >= 4 is 5.69 Å². The lowest BCUT2D eigenvalue weighted by molar-refractivity contribution is 0.625. The van der Waals surface area contributed by atoms with Crippen LogP contribution in [0.1, 0.15) is 22.3 Å². The number of nitrogens with one attached hydrogen (secondary N) is 1. The second kappa shape index (κ2) is 5.53. The van der Waals surface area contributed by atoms with Crippen molar-refractivity contribution in [3.63, 3.8) is 0 Å². The van der Waals surface area contributed by atoms with Crippen LogP contribution in [0.25, 0.3) is 0 Å². The Balaban J connectivity index is 2.19. The average molecular weight is 254 g/mol. The van der Waals surface area contributed by atoms with Gasteiger partial charge in [-0.15, -0.1) is 0 Å². The standard InChI is InChI=1S/C16H15FN2/c1-11-4-3-5-12(2)16(11)19-10-14-6-13(9-18)7-15(17)8-14/h3-8,19H,10H2,1-2H3. The van der Waals surface area contributed by atoms with Gasteiger partial charge in [-0.1, -0.05) is 18.2 Å². The third-order valence-electron chi connectivity index (χ3n) is 3.04. The molecule has 0 unspecified atom stereocenters. The van der Waals surface area contributed by atoms with Crippen LogP contribution in [0.4, 0.5) is 10.1 Å². The van der Waals surface area contributed by atoms with E-state index in [-0.39, 0.29) is 5.82 Å². The van der Waals surface area contributed by atoms with Gasteiger partial charge >= 0.3 is 0 Å². The lowest BCUT2D eigenvalue weighted by Crippen LogP contribution is -2.03. The molecule has 96 valence electrons. The predicted octanol–water partition coefficient (Wildman–Crippen LogP) is 3.93. The molecule has 0 heterocycles. The van der Waals surface area contributed by atoms with E-state index in [9.17, 15) is 4.39 Å². The number of rotatable bonds is 3. The van der Waals surface area contributed by atoms with Crippen LogP contribution in [0.3, 0.4) is 0 Å². The van der Waals surface area contributed by atoms with Crippen molar-refractivity contribution < 1.29 is 4.39 Å². The van der Waals surface area contributed by atoms with Crippen molar-refractivity contribution in [3.8, 4) is 6.07 Å². The van der Waals surface area contributed by atoms with Gasteiger partial charge in [0.25, 0.3) is 0 Å². The van der Waals surface area contributed by atoms with Gasteiger partial charge in [0.2, 0.25) is 0 Å². The number of nitriles is 1. The van der Waals surface area contributed by atoms with Gasteiger partial charge in [-0.25, -0.2) is 4.39 Å². The normalized spacial score (nSPS) is 10.0. The molecule has 0 saturated heterocycles. The van der Waals surface area contributed by atoms with Crippen LogP contribution < -0.4 is 5.32 Å². The van der Waals surface area contributed by atoms with E-state index in [1.165, 1.54) is 12.1 Å². The fourth-order valence-electron chi connectivity index (χ4n) is 2.10. The maximum atomic E-state index is 13.3. The molecule has 0 aliphatic heterocycles. The second-order valence-corrected chi connectivity index (χ2v) is 4.58. The quantitative estimate of drug-likeness (QED) is 0.900. The molecule has 0 atom stereocenters. The minimum absolute atomic E-state index is 0.346. The molecule has 2 aromatic carbocycles. The van der Waals surface area contributed by atoms with E-state index in [4.69, 9.17) is 5.26 Å². The lowest BCUT2D eigenvalue weighted by atomic mass is 10.1. The number of para-hydroxylation sites is 1. The number of aryl methyl sites for hydroxylation is 2. The summed E-state index contributed by atoms with van der Waals surface area (Å²) in [5.41, 5.74) is 4.47. The van der Waals surface area contributed by atoms with E-state index in [1.54, 1.807) is 6.07 Å². The maximum absolute atomic E-state index is 13.3. The molecule has 0 amide bonds. The molecular formula is C16H15FN2. The Morgan fingerprint density at radius 2 is 1.84 bits per heavy atom. The Kier molecular flexibility index (Phi) is 3.82. The lowest BCUT2D eigenvalue weighted by Gasteiger charge is -2.12. The highest BCUT2D eigenvalue weighted by atomic mass is 19.1. The topological polar surface area (TPSA) is 35.8 Å². The monoisotopic (exact) mass is 254 g/mol. The maximum Gasteiger partial charge on any atom is 0.124 e. The van der Waals surface area contributed by atoms with Gasteiger partial charge in [0.05, 0.1) is 11.6 Å². The largest absolute Gasteiger partial charge is 0.381 e. The molecule has 0 aromatic heterocycles. The Labute approximate surface area is 112 Å². The van der Waals surface area contributed by atoms with Crippen molar-refractivity contribution in [2.24, 2.45) is 0 Å². The SMILES string of the molecule is Cc1cccc(C)c1NCc1cc(F)cc(C#N)c1. The number of nitrogens with zero attached hydrogens (tertiary/aromatic N) is 1. The summed E-state index contributed by atoms with van der Waals surface area (Å²) >= 11 is 0. The zero-order chi connectivity index (χ0) is 13.8. The Morgan fingerprint density at radius 1 is 1.16 bits per heavy atom. The highest BCUT2D eigenvalue weighted by molar-refractivity contribution is 5.56. The summed E-state index contributed by atoms with van der Waals surface area (Å²) in [6.07, 6.45) is 0. The van der Waals surface area contributed by atoms with Crippen LogP contribution in [0.2, 0.25) is 0 Å². The first-order chi connectivity index (χ1) is 9.10. The Morgan fingerprint density at radius 3 is 2.47 bits per heavy atom. The molecule has 2 rings (SSSR count). The molecule has 3 heteroatoms. The fraction of sp³-hybridized carbons (Fsp3) is 0.188. The minimum atomic E-state index is -0.377. The van der Waals surface area contributed by atoms with Gasteiger partial charge in [0.15, 0.2) is 0 Å². The van der Waals surface area contributed by atoms with E-state index >= 15 is 0 Å². The molecule has 0 fully saturated rings. The third kappa shape index (κ3) is 3.11. The molecule has 1 N–H and O–H groups in total. The number of hydrogen-bond acceptors (Lipinski definition) is 2. The number of hydrogen-bond donors (Lipinski definition) is 1. The van der Waals surface area contributed by atoms with Crippen molar-refractivity contribution in [2.75, 3.05) is 5.32 Å². The van der Waals surface area contributed by atoms with E-state index < -0.39 is 0 Å². The van der Waals surface area contributed by atoms with Crippen molar-refractivity contribution in [1.82, 2.24) is 0 Å². The van der Waals surface area contributed by atoms with Crippen LogP contribution in [-0.4, -0.2) is 0 Å². The van der Waals surface area contributed by atoms with Crippen LogP contribution in [-0.2, 0) is 6.54 Å². The molecule has 0 saturated carbocycles. The summed E-state index contributed by atoms with van der Waals surface area (Å²) in [5.74, 6) is -0.377. The van der Waals surface area contributed by atoms with Crippen molar-refractivity contribution in [3.05, 3.63) is 64.5 Å². The number of anilines is 1. The van der Waals surface area contributed by atoms with E-state index in [0.29, 0.717) is 12.1 Å². The summed E-state index contributed by atoms with van der Waals surface area (Å²) in [7, 11) is 0.